The number of hydrogen-bond donors (Lipinski definition) is 1. The minimum atomic E-state index is -0.798. The third kappa shape index (κ3) is 5.41. The molecular formula is C14H24N2O3. The first-order valence-electron chi connectivity index (χ1n) is 6.71. The van der Waals surface area contributed by atoms with E-state index in [1.807, 2.05) is 6.92 Å². The molecule has 1 aromatic heterocycles. The van der Waals surface area contributed by atoms with Gasteiger partial charge in [0.1, 0.15) is 0 Å². The van der Waals surface area contributed by atoms with Crippen LogP contribution in [0.5, 0.6) is 0 Å². The van der Waals surface area contributed by atoms with Crippen molar-refractivity contribution < 1.29 is 14.3 Å². The van der Waals surface area contributed by atoms with Gasteiger partial charge in [-0.3, -0.25) is 4.79 Å². The summed E-state index contributed by atoms with van der Waals surface area (Å²) in [5.74, 6) is 0.821. The third-order valence-electron chi connectivity index (χ3n) is 3.51. The predicted molar refractivity (Wildman–Crippen MR) is 71.7 cm³/mol. The lowest BCUT2D eigenvalue weighted by molar-refractivity contribution is -0.137. The highest BCUT2D eigenvalue weighted by molar-refractivity contribution is 5.66. The first-order chi connectivity index (χ1) is 8.68. The molecule has 19 heavy (non-hydrogen) atoms. The van der Waals surface area contributed by atoms with Crippen LogP contribution in [0, 0.1) is 17.3 Å². The number of nitrogens with zero attached hydrogens (tertiary/aromatic N) is 2. The fraction of sp³-hybridized carbons (Fsp3) is 0.786. The number of carboxylic acids is 1. The Hall–Kier alpha value is -1.39. The Kier molecular flexibility index (Phi) is 5.09. The predicted octanol–water partition coefficient (Wildman–Crippen LogP) is 2.95. The molecule has 1 aromatic rings. The first kappa shape index (κ1) is 15.7. The van der Waals surface area contributed by atoms with Gasteiger partial charge in [0.15, 0.2) is 0 Å². The molecule has 0 spiro atoms. The van der Waals surface area contributed by atoms with Gasteiger partial charge in [0.05, 0.1) is 0 Å². The van der Waals surface area contributed by atoms with Gasteiger partial charge < -0.3 is 9.52 Å². The van der Waals surface area contributed by atoms with Gasteiger partial charge in [-0.2, -0.15) is 0 Å². The second kappa shape index (κ2) is 6.17. The minimum Gasteiger partial charge on any atom is -0.481 e. The van der Waals surface area contributed by atoms with Crippen molar-refractivity contribution in [2.45, 2.75) is 53.9 Å². The summed E-state index contributed by atoms with van der Waals surface area (Å²) in [5.41, 5.74) is 0.200. The van der Waals surface area contributed by atoms with E-state index in [0.29, 0.717) is 24.1 Å². The second-order valence-electron chi connectivity index (χ2n) is 6.47. The van der Waals surface area contributed by atoms with E-state index in [0.717, 1.165) is 6.42 Å². The van der Waals surface area contributed by atoms with Crippen molar-refractivity contribution in [1.82, 2.24) is 10.2 Å². The van der Waals surface area contributed by atoms with Gasteiger partial charge in [-0.25, -0.2) is 0 Å². The number of aromatic nitrogens is 2. The maximum atomic E-state index is 10.6. The van der Waals surface area contributed by atoms with Gasteiger partial charge >= 0.3 is 5.97 Å². The second-order valence-corrected chi connectivity index (χ2v) is 6.47. The molecule has 0 saturated carbocycles. The van der Waals surface area contributed by atoms with Crippen molar-refractivity contribution in [2.24, 2.45) is 17.3 Å². The number of carbonyl (C=O) groups is 1. The summed E-state index contributed by atoms with van der Waals surface area (Å²) < 4.78 is 5.59. The van der Waals surface area contributed by atoms with E-state index >= 15 is 0 Å². The van der Waals surface area contributed by atoms with Crippen LogP contribution in [0.15, 0.2) is 4.42 Å². The van der Waals surface area contributed by atoms with Gasteiger partial charge in [0, 0.05) is 19.3 Å². The topological polar surface area (TPSA) is 76.2 Å². The Morgan fingerprint density at radius 3 is 2.21 bits per heavy atom. The third-order valence-corrected chi connectivity index (χ3v) is 3.51. The Balaban J connectivity index is 2.55. The molecule has 2 unspecified atom stereocenters. The standard InChI is InChI=1S/C14H24N2O3/c1-9(7-13(17)18)6-11-15-16-12(19-11)8-10(2)14(3,4)5/h9-10H,6-8H2,1-5H3,(H,17,18). The molecular weight excluding hydrogens is 244 g/mol. The highest BCUT2D eigenvalue weighted by Crippen LogP contribution is 2.28. The highest BCUT2D eigenvalue weighted by atomic mass is 16.4. The van der Waals surface area contributed by atoms with E-state index in [4.69, 9.17) is 9.52 Å². The zero-order valence-corrected chi connectivity index (χ0v) is 12.4. The molecule has 1 rings (SSSR count). The Labute approximate surface area is 114 Å². The zero-order valence-electron chi connectivity index (χ0n) is 12.4. The molecule has 0 aliphatic heterocycles. The van der Waals surface area contributed by atoms with Gasteiger partial charge in [0.2, 0.25) is 11.8 Å². The van der Waals surface area contributed by atoms with Gasteiger partial charge in [-0.15, -0.1) is 10.2 Å². The van der Waals surface area contributed by atoms with Crippen LogP contribution in [0.4, 0.5) is 0 Å². The van der Waals surface area contributed by atoms with Crippen LogP contribution >= 0.6 is 0 Å². The van der Waals surface area contributed by atoms with E-state index in [-0.39, 0.29) is 17.8 Å². The molecule has 0 amide bonds. The Bertz CT molecular complexity index is 421. The monoisotopic (exact) mass is 268 g/mol. The molecule has 0 radical (unpaired) electrons. The van der Waals surface area contributed by atoms with Crippen molar-refractivity contribution in [3.8, 4) is 0 Å². The van der Waals surface area contributed by atoms with Gasteiger partial charge in [0.25, 0.3) is 0 Å². The summed E-state index contributed by atoms with van der Waals surface area (Å²) in [7, 11) is 0. The summed E-state index contributed by atoms with van der Waals surface area (Å²) in [6.45, 7) is 10.6. The smallest absolute Gasteiger partial charge is 0.303 e. The van der Waals surface area contributed by atoms with Crippen molar-refractivity contribution in [2.75, 3.05) is 0 Å². The number of aliphatic carboxylic acids is 1. The number of hydrogen-bond acceptors (Lipinski definition) is 4. The lowest BCUT2D eigenvalue weighted by atomic mass is 9.80. The lowest BCUT2D eigenvalue weighted by Gasteiger charge is -2.25. The van der Waals surface area contributed by atoms with Gasteiger partial charge in [-0.05, 0) is 17.3 Å². The molecule has 2 atom stereocenters. The molecule has 1 N–H and O–H groups in total. The average molecular weight is 268 g/mol. The van der Waals surface area contributed by atoms with E-state index in [2.05, 4.69) is 37.9 Å². The molecule has 0 saturated heterocycles. The molecule has 1 heterocycles. The normalized spacial score (nSPS) is 15.2. The summed E-state index contributed by atoms with van der Waals surface area (Å²) in [6.07, 6.45) is 1.39. The molecule has 0 aliphatic carbocycles. The van der Waals surface area contributed by atoms with Crippen LogP contribution in [0.1, 0.15) is 52.8 Å². The van der Waals surface area contributed by atoms with Crippen LogP contribution in [-0.4, -0.2) is 21.3 Å². The van der Waals surface area contributed by atoms with Crippen LogP contribution < -0.4 is 0 Å². The fourth-order valence-corrected chi connectivity index (χ4v) is 1.69. The lowest BCUT2D eigenvalue weighted by Crippen LogP contribution is -2.19. The average Bonchev–Trinajstić information content (AvgIpc) is 2.62. The molecule has 0 aromatic carbocycles. The highest BCUT2D eigenvalue weighted by Gasteiger charge is 2.23. The zero-order chi connectivity index (χ0) is 14.6. The van der Waals surface area contributed by atoms with E-state index in [9.17, 15) is 4.79 Å². The quantitative estimate of drug-likeness (QED) is 0.858. The van der Waals surface area contributed by atoms with Crippen molar-refractivity contribution in [3.63, 3.8) is 0 Å². The molecule has 108 valence electrons. The van der Waals surface area contributed by atoms with E-state index < -0.39 is 5.97 Å². The maximum Gasteiger partial charge on any atom is 0.303 e. The van der Waals surface area contributed by atoms with Crippen molar-refractivity contribution in [3.05, 3.63) is 11.8 Å². The Morgan fingerprint density at radius 2 is 1.74 bits per heavy atom. The SMILES string of the molecule is CC(CC(=O)O)Cc1nnc(CC(C)C(C)(C)C)o1. The van der Waals surface area contributed by atoms with Crippen LogP contribution in [0.3, 0.4) is 0 Å². The molecule has 5 heteroatoms. The first-order valence-corrected chi connectivity index (χ1v) is 6.71. The number of rotatable bonds is 6. The van der Waals surface area contributed by atoms with E-state index in [1.54, 1.807) is 0 Å². The molecule has 0 aliphatic rings. The van der Waals surface area contributed by atoms with Crippen LogP contribution in [-0.2, 0) is 17.6 Å². The molecule has 0 fully saturated rings. The molecule has 5 nitrogen and oxygen atoms in total. The maximum absolute atomic E-state index is 10.6. The minimum absolute atomic E-state index is 0.00541. The summed E-state index contributed by atoms with van der Waals surface area (Å²) >= 11 is 0. The summed E-state index contributed by atoms with van der Waals surface area (Å²) in [4.78, 5) is 10.6. The molecule has 0 bridgehead atoms. The van der Waals surface area contributed by atoms with Crippen LogP contribution in [0.2, 0.25) is 0 Å². The van der Waals surface area contributed by atoms with Crippen LogP contribution in [0.25, 0.3) is 0 Å². The summed E-state index contributed by atoms with van der Waals surface area (Å²) in [6, 6.07) is 0. The van der Waals surface area contributed by atoms with E-state index in [1.165, 1.54) is 0 Å². The largest absolute Gasteiger partial charge is 0.481 e. The summed E-state index contributed by atoms with van der Waals surface area (Å²) in [5, 5.41) is 16.7. The fourth-order valence-electron chi connectivity index (χ4n) is 1.69. The van der Waals surface area contributed by atoms with Gasteiger partial charge in [-0.1, -0.05) is 34.6 Å². The van der Waals surface area contributed by atoms with Crippen molar-refractivity contribution >= 4 is 5.97 Å². The Morgan fingerprint density at radius 1 is 1.21 bits per heavy atom. The van der Waals surface area contributed by atoms with Crippen molar-refractivity contribution in [1.29, 1.82) is 0 Å². The number of carboxylic acid groups (broad SMARTS) is 1.